The topological polar surface area (TPSA) is 199 Å². The third-order valence-corrected chi connectivity index (χ3v) is 20.7. The summed E-state index contributed by atoms with van der Waals surface area (Å²) < 4.78 is 10.6. The first-order chi connectivity index (χ1) is 29.5. The van der Waals surface area contributed by atoms with E-state index in [-0.39, 0.29) is 58.3 Å². The minimum absolute atomic E-state index is 0.0156. The Balaban J connectivity index is 0.829. The van der Waals surface area contributed by atoms with E-state index in [2.05, 4.69) is 13.8 Å². The fourth-order valence-electron chi connectivity index (χ4n) is 17.6. The summed E-state index contributed by atoms with van der Waals surface area (Å²) in [6.45, 7) is 6.18. The molecule has 16 atom stereocenters. The summed E-state index contributed by atoms with van der Waals surface area (Å²) in [6, 6.07) is 0. The van der Waals surface area contributed by atoms with Gasteiger partial charge >= 0.3 is 11.9 Å². The molecule has 10 rings (SSSR count). The first-order valence-electron chi connectivity index (χ1n) is 24.5. The second kappa shape index (κ2) is 15.0. The van der Waals surface area contributed by atoms with Gasteiger partial charge in [-0.3, -0.25) is 9.98 Å². The lowest BCUT2D eigenvalue weighted by Crippen LogP contribution is -2.68. The molecule has 10 aliphatic rings. The van der Waals surface area contributed by atoms with Crippen LogP contribution in [0.25, 0.3) is 0 Å². The molecule has 12 heteroatoms. The van der Waals surface area contributed by atoms with E-state index in [1.165, 1.54) is 0 Å². The molecule has 8 fully saturated rings. The van der Waals surface area contributed by atoms with E-state index in [1.807, 2.05) is 12.4 Å². The van der Waals surface area contributed by atoms with E-state index in [9.17, 15) is 40.2 Å². The predicted molar refractivity (Wildman–Crippen MR) is 231 cm³/mol. The first-order valence-corrected chi connectivity index (χ1v) is 24.5. The van der Waals surface area contributed by atoms with Crippen LogP contribution in [0.3, 0.4) is 0 Å². The Morgan fingerprint density at radius 1 is 0.565 bits per heavy atom. The molecular formula is C50H72N2O10. The van der Waals surface area contributed by atoms with Crippen LogP contribution in [-0.4, -0.2) is 116 Å². The quantitative estimate of drug-likeness (QED) is 0.100. The van der Waals surface area contributed by atoms with Gasteiger partial charge in [0.05, 0.1) is 34.6 Å². The summed E-state index contributed by atoms with van der Waals surface area (Å²) in [5.74, 6) is -0.373. The molecule has 62 heavy (non-hydrogen) atoms. The molecule has 0 aromatic heterocycles. The number of ether oxygens (including phenoxy) is 2. The molecule has 12 nitrogen and oxygen atoms in total. The van der Waals surface area contributed by atoms with Gasteiger partial charge in [-0.25, -0.2) is 9.59 Å². The number of esters is 2. The van der Waals surface area contributed by atoms with Crippen LogP contribution in [0.1, 0.15) is 142 Å². The summed E-state index contributed by atoms with van der Waals surface area (Å²) in [7, 11) is 0. The highest BCUT2D eigenvalue weighted by Gasteiger charge is 2.73. The Hall–Kier alpha value is -2.48. The Morgan fingerprint density at radius 2 is 0.968 bits per heavy atom. The third kappa shape index (κ3) is 6.03. The molecule has 8 aliphatic carbocycles. The average Bonchev–Trinajstić information content (AvgIpc) is 3.98. The molecule has 8 saturated carbocycles. The number of unbranched alkanes of at least 4 members (excludes halogenated alkanes) is 1. The second-order valence-electron chi connectivity index (χ2n) is 22.8. The molecule has 2 heterocycles. The summed E-state index contributed by atoms with van der Waals surface area (Å²) in [5, 5.41) is 72.2. The van der Waals surface area contributed by atoms with E-state index in [1.54, 1.807) is 12.2 Å². The number of aliphatic imine (C=N–C) groups is 2. The van der Waals surface area contributed by atoms with Gasteiger partial charge < -0.3 is 40.1 Å². The van der Waals surface area contributed by atoms with E-state index in [4.69, 9.17) is 19.5 Å². The Labute approximate surface area is 366 Å². The van der Waals surface area contributed by atoms with Crippen LogP contribution < -0.4 is 0 Å². The minimum atomic E-state index is -1.10. The van der Waals surface area contributed by atoms with Crippen LogP contribution in [0.15, 0.2) is 33.3 Å². The lowest BCUT2D eigenvalue weighted by atomic mass is 9.41. The molecule has 16 unspecified atom stereocenters. The Bertz CT molecular complexity index is 1820. The van der Waals surface area contributed by atoms with Crippen molar-refractivity contribution in [1.82, 2.24) is 0 Å². The maximum Gasteiger partial charge on any atom is 0.331 e. The van der Waals surface area contributed by atoms with Crippen molar-refractivity contribution in [1.29, 1.82) is 0 Å². The number of aliphatic hydroxyl groups excluding tert-OH is 2. The zero-order chi connectivity index (χ0) is 43.6. The minimum Gasteiger partial charge on any atom is -0.458 e. The van der Waals surface area contributed by atoms with Crippen molar-refractivity contribution in [3.8, 4) is 0 Å². The molecule has 0 aromatic carbocycles. The largest absolute Gasteiger partial charge is 0.458 e. The highest BCUT2D eigenvalue weighted by molar-refractivity contribution is 5.86. The SMILES string of the molecule is CC12CCC3C(CCC4(O)CC(O)CCC34C=NCCCCN=CC34CCC(O)CC3(O)CCC3C4CCC4(C)C(C5=CC(=O)OC5)CCC34O)C1(O)CCC2C1=CC(=O)OC1. The van der Waals surface area contributed by atoms with Crippen LogP contribution in [0.2, 0.25) is 0 Å². The molecular weight excluding hydrogens is 789 g/mol. The summed E-state index contributed by atoms with van der Waals surface area (Å²) in [4.78, 5) is 34.2. The molecule has 0 aromatic rings. The van der Waals surface area contributed by atoms with Gasteiger partial charge in [0.2, 0.25) is 0 Å². The van der Waals surface area contributed by atoms with Gasteiger partial charge in [-0.15, -0.1) is 0 Å². The van der Waals surface area contributed by atoms with Crippen molar-refractivity contribution in [2.24, 2.45) is 67.2 Å². The predicted octanol–water partition coefficient (Wildman–Crippen LogP) is 5.33. The smallest absolute Gasteiger partial charge is 0.331 e. The van der Waals surface area contributed by atoms with E-state index in [0.717, 1.165) is 62.5 Å². The number of rotatable bonds is 9. The normalized spacial score (nSPS) is 52.1. The third-order valence-electron chi connectivity index (χ3n) is 20.7. The number of carbonyl (C=O) groups excluding carboxylic acids is 2. The Kier molecular flexibility index (Phi) is 10.5. The molecule has 342 valence electrons. The summed E-state index contributed by atoms with van der Waals surface area (Å²) in [5.41, 5.74) is -4.09. The lowest BCUT2D eigenvalue weighted by Gasteiger charge is -2.65. The van der Waals surface area contributed by atoms with Crippen molar-refractivity contribution in [2.45, 2.75) is 177 Å². The van der Waals surface area contributed by atoms with Crippen LogP contribution in [0, 0.1) is 57.2 Å². The molecule has 0 bridgehead atoms. The lowest BCUT2D eigenvalue weighted by molar-refractivity contribution is -0.237. The molecule has 0 amide bonds. The number of nitrogens with zero attached hydrogens (tertiary/aromatic N) is 2. The van der Waals surface area contributed by atoms with Crippen molar-refractivity contribution < 1.29 is 49.7 Å². The number of fused-ring (bicyclic) bond motifs is 10. The molecule has 0 spiro atoms. The molecule has 2 aliphatic heterocycles. The number of hydrogen-bond donors (Lipinski definition) is 6. The van der Waals surface area contributed by atoms with Crippen LogP contribution in [0.4, 0.5) is 0 Å². The van der Waals surface area contributed by atoms with Crippen molar-refractivity contribution in [2.75, 3.05) is 26.3 Å². The summed E-state index contributed by atoms with van der Waals surface area (Å²) >= 11 is 0. The van der Waals surface area contributed by atoms with Crippen LogP contribution >= 0.6 is 0 Å². The Morgan fingerprint density at radius 3 is 1.35 bits per heavy atom. The highest BCUT2D eigenvalue weighted by Crippen LogP contribution is 2.72. The average molecular weight is 861 g/mol. The van der Waals surface area contributed by atoms with Gasteiger partial charge in [-0.1, -0.05) is 13.8 Å². The fraction of sp³-hybridized carbons (Fsp3) is 0.840. The zero-order valence-electron chi connectivity index (χ0n) is 37.1. The number of hydrogen-bond acceptors (Lipinski definition) is 12. The fourth-order valence-corrected chi connectivity index (χ4v) is 17.6. The second-order valence-corrected chi connectivity index (χ2v) is 22.8. The first kappa shape index (κ1) is 43.4. The van der Waals surface area contributed by atoms with Gasteiger partial charge in [-0.2, -0.15) is 0 Å². The van der Waals surface area contributed by atoms with Crippen molar-refractivity contribution in [3.05, 3.63) is 23.3 Å². The standard InChI is InChI=1S/C50H72N2O10/c1-43-13-7-37-39(49(43,59)19-11-35(43)31-23-41(55)61-27-31)9-17-47(57)25-33(53)5-15-45(37,47)29-51-21-3-4-22-52-30-46-16-6-34(54)26-48(46,58)18-10-40-38(46)8-14-44(2)36(12-20-50(40,44)60)32-24-42(56)62-28-32/h23-24,29-30,33-40,53-54,57-60H,3-22,25-28H2,1-2H3. The van der Waals surface area contributed by atoms with E-state index >= 15 is 0 Å². The van der Waals surface area contributed by atoms with Gasteiger partial charge in [0.1, 0.15) is 13.2 Å². The number of aliphatic hydroxyl groups is 6. The van der Waals surface area contributed by atoms with Gasteiger partial charge in [-0.05, 0) is 162 Å². The number of carbonyl (C=O) groups is 2. The van der Waals surface area contributed by atoms with Gasteiger partial charge in [0.25, 0.3) is 0 Å². The summed E-state index contributed by atoms with van der Waals surface area (Å²) in [6.07, 6.45) is 19.6. The van der Waals surface area contributed by atoms with Crippen molar-refractivity contribution in [3.63, 3.8) is 0 Å². The number of cyclic esters (lactones) is 2. The van der Waals surface area contributed by atoms with Gasteiger partial charge in [0.15, 0.2) is 0 Å². The molecule has 0 radical (unpaired) electrons. The zero-order valence-corrected chi connectivity index (χ0v) is 37.1. The molecule has 6 N–H and O–H groups in total. The maximum atomic E-state index is 12.8. The monoisotopic (exact) mass is 861 g/mol. The molecule has 0 saturated heterocycles. The maximum absolute atomic E-state index is 12.8. The van der Waals surface area contributed by atoms with E-state index < -0.39 is 45.4 Å². The van der Waals surface area contributed by atoms with Crippen LogP contribution in [-0.2, 0) is 19.1 Å². The highest BCUT2D eigenvalue weighted by atomic mass is 16.5. The van der Waals surface area contributed by atoms with E-state index in [0.29, 0.717) is 103 Å². The van der Waals surface area contributed by atoms with Crippen molar-refractivity contribution >= 4 is 24.4 Å². The van der Waals surface area contributed by atoms with Crippen LogP contribution in [0.5, 0.6) is 0 Å². The van der Waals surface area contributed by atoms with Gasteiger partial charge in [0, 0.05) is 72.2 Å².